The van der Waals surface area contributed by atoms with Gasteiger partial charge in [0.1, 0.15) is 17.1 Å². The summed E-state index contributed by atoms with van der Waals surface area (Å²) in [5.41, 5.74) is 5.99. The predicted molar refractivity (Wildman–Crippen MR) is 105 cm³/mol. The van der Waals surface area contributed by atoms with Gasteiger partial charge >= 0.3 is 0 Å². The molecule has 140 valence electrons. The molecule has 6 heteroatoms. The minimum absolute atomic E-state index is 0.0526. The first-order chi connectivity index (χ1) is 12.6. The molecule has 6 nitrogen and oxygen atoms in total. The highest BCUT2D eigenvalue weighted by atomic mass is 16.5. The minimum atomic E-state index is -0.583. The van der Waals surface area contributed by atoms with Crippen molar-refractivity contribution in [1.29, 1.82) is 0 Å². The maximum Gasteiger partial charge on any atom is 0.253 e. The van der Waals surface area contributed by atoms with Gasteiger partial charge in [-0.2, -0.15) is 0 Å². The number of likely N-dealkylation sites (tertiary alicyclic amines) is 1. The Morgan fingerprint density at radius 3 is 2.65 bits per heavy atom. The fourth-order valence-electron chi connectivity index (χ4n) is 3.32. The van der Waals surface area contributed by atoms with Gasteiger partial charge < -0.3 is 15.8 Å². The summed E-state index contributed by atoms with van der Waals surface area (Å²) >= 11 is 0. The van der Waals surface area contributed by atoms with Crippen LogP contribution in [0.1, 0.15) is 37.7 Å². The van der Waals surface area contributed by atoms with Gasteiger partial charge in [-0.15, -0.1) is 0 Å². The lowest BCUT2D eigenvalue weighted by atomic mass is 10.1. The maximum atomic E-state index is 11.3. The summed E-state index contributed by atoms with van der Waals surface area (Å²) < 4.78 is 5.84. The van der Waals surface area contributed by atoms with Crippen molar-refractivity contribution in [2.75, 3.05) is 37.3 Å². The van der Waals surface area contributed by atoms with E-state index in [2.05, 4.69) is 22.3 Å². The summed E-state index contributed by atoms with van der Waals surface area (Å²) in [6.07, 6.45) is 5.65. The van der Waals surface area contributed by atoms with E-state index in [1.807, 2.05) is 12.1 Å². The Balaban J connectivity index is 1.35. The van der Waals surface area contributed by atoms with Crippen LogP contribution in [0.4, 0.5) is 11.4 Å². The first-order valence-electron chi connectivity index (χ1n) is 9.42. The van der Waals surface area contributed by atoms with Crippen molar-refractivity contribution >= 4 is 11.4 Å². The molecule has 0 aliphatic carbocycles. The van der Waals surface area contributed by atoms with Crippen molar-refractivity contribution in [2.45, 2.75) is 38.6 Å². The Bertz CT molecular complexity index is 790. The van der Waals surface area contributed by atoms with Crippen molar-refractivity contribution in [1.82, 2.24) is 4.90 Å². The summed E-state index contributed by atoms with van der Waals surface area (Å²) in [6.45, 7) is 4.59. The summed E-state index contributed by atoms with van der Waals surface area (Å²) in [5, 5.41) is 2.93. The number of anilines is 2. The van der Waals surface area contributed by atoms with Crippen molar-refractivity contribution < 1.29 is 4.74 Å². The lowest BCUT2D eigenvalue weighted by Gasteiger charge is -2.26. The predicted octanol–water partition coefficient (Wildman–Crippen LogP) is 2.12. The Kier molecular flexibility index (Phi) is 6.28. The molecule has 0 bridgehead atoms. The van der Waals surface area contributed by atoms with Gasteiger partial charge in [0.25, 0.3) is 10.9 Å². The monoisotopic (exact) mass is 357 g/mol. The zero-order valence-electron chi connectivity index (χ0n) is 15.1. The Morgan fingerprint density at radius 2 is 1.88 bits per heavy atom. The van der Waals surface area contributed by atoms with Crippen LogP contribution in [-0.2, 0) is 6.54 Å². The molecule has 2 aromatic rings. The standard InChI is InChI=1S/C20H27N3O3/c21-17-18(20(25)19(17)24)22-9-2-5-12-26-16-8-6-7-15(13-16)14-23-10-3-1-4-11-23/h6-8,13,22H,1-5,9-12,14,21H2. The third-order valence-corrected chi connectivity index (χ3v) is 4.84. The summed E-state index contributed by atoms with van der Waals surface area (Å²) in [4.78, 5) is 24.8. The van der Waals surface area contributed by atoms with E-state index >= 15 is 0 Å². The van der Waals surface area contributed by atoms with Crippen LogP contribution in [0.25, 0.3) is 0 Å². The molecule has 1 heterocycles. The van der Waals surface area contributed by atoms with Gasteiger partial charge in [-0.05, 0) is 56.5 Å². The number of rotatable bonds is 9. The second-order valence-corrected chi connectivity index (χ2v) is 6.91. The van der Waals surface area contributed by atoms with Crippen LogP contribution in [0, 0.1) is 0 Å². The molecular formula is C20H27N3O3. The van der Waals surface area contributed by atoms with E-state index < -0.39 is 10.9 Å². The molecule has 0 saturated carbocycles. The average Bonchev–Trinajstić information content (AvgIpc) is 2.67. The molecule has 2 aromatic carbocycles. The summed E-state index contributed by atoms with van der Waals surface area (Å²) in [6, 6.07) is 8.31. The van der Waals surface area contributed by atoms with Gasteiger partial charge in [-0.3, -0.25) is 14.5 Å². The number of ether oxygens (including phenoxy) is 1. The lowest BCUT2D eigenvalue weighted by Crippen LogP contribution is -2.37. The van der Waals surface area contributed by atoms with E-state index in [1.54, 1.807) is 0 Å². The molecular weight excluding hydrogens is 330 g/mol. The first-order valence-corrected chi connectivity index (χ1v) is 9.42. The number of hydrogen-bond acceptors (Lipinski definition) is 6. The zero-order valence-corrected chi connectivity index (χ0v) is 15.1. The molecule has 0 spiro atoms. The first kappa shape index (κ1) is 18.5. The number of nitrogen functional groups attached to an aromatic ring is 1. The van der Waals surface area contributed by atoms with Gasteiger partial charge in [-0.1, -0.05) is 18.6 Å². The fourth-order valence-corrected chi connectivity index (χ4v) is 3.32. The normalized spacial score (nSPS) is 15.2. The number of piperidine rings is 1. The molecule has 0 unspecified atom stereocenters. The topological polar surface area (TPSA) is 84.7 Å². The molecule has 3 rings (SSSR count). The molecule has 1 fully saturated rings. The Morgan fingerprint density at radius 1 is 1.08 bits per heavy atom. The molecule has 1 saturated heterocycles. The second kappa shape index (κ2) is 8.85. The van der Waals surface area contributed by atoms with Crippen molar-refractivity contribution in [3.05, 3.63) is 50.3 Å². The largest absolute Gasteiger partial charge is 0.494 e. The van der Waals surface area contributed by atoms with Crippen molar-refractivity contribution in [2.24, 2.45) is 0 Å². The SMILES string of the molecule is Nc1c(NCCCCOc2cccc(CN3CCCCC3)c2)c(=O)c1=O. The third kappa shape index (κ3) is 4.64. The molecule has 1 aliphatic rings. The molecule has 3 N–H and O–H groups in total. The number of nitrogens with two attached hydrogens (primary N) is 1. The van der Waals surface area contributed by atoms with E-state index in [4.69, 9.17) is 10.5 Å². The number of unbranched alkanes of at least 4 members (excludes halogenated alkanes) is 1. The summed E-state index contributed by atoms with van der Waals surface area (Å²) in [5.74, 6) is 0.902. The quantitative estimate of drug-likeness (QED) is 0.528. The van der Waals surface area contributed by atoms with E-state index in [9.17, 15) is 9.59 Å². The minimum Gasteiger partial charge on any atom is -0.494 e. The number of nitrogens with zero attached hydrogens (tertiary/aromatic N) is 1. The van der Waals surface area contributed by atoms with Crippen LogP contribution in [-0.4, -0.2) is 31.1 Å². The zero-order chi connectivity index (χ0) is 18.4. The molecule has 0 atom stereocenters. The molecule has 0 radical (unpaired) electrons. The highest BCUT2D eigenvalue weighted by Gasteiger charge is 2.16. The van der Waals surface area contributed by atoms with Gasteiger partial charge in [0.2, 0.25) is 0 Å². The van der Waals surface area contributed by atoms with Crippen LogP contribution in [0.15, 0.2) is 33.9 Å². The molecule has 26 heavy (non-hydrogen) atoms. The number of hydrogen-bond donors (Lipinski definition) is 2. The number of nitrogens with one attached hydrogen (secondary N) is 1. The number of benzene rings is 1. The van der Waals surface area contributed by atoms with Crippen molar-refractivity contribution in [3.8, 4) is 5.75 Å². The fraction of sp³-hybridized carbons (Fsp3) is 0.500. The van der Waals surface area contributed by atoms with Crippen LogP contribution in [0.3, 0.4) is 0 Å². The molecule has 0 amide bonds. The second-order valence-electron chi connectivity index (χ2n) is 6.91. The van der Waals surface area contributed by atoms with Gasteiger partial charge in [0, 0.05) is 13.1 Å². The van der Waals surface area contributed by atoms with Crippen LogP contribution in [0.5, 0.6) is 5.75 Å². The van der Waals surface area contributed by atoms with E-state index in [0.717, 1.165) is 25.1 Å². The lowest BCUT2D eigenvalue weighted by molar-refractivity contribution is 0.220. The van der Waals surface area contributed by atoms with Crippen LogP contribution < -0.4 is 26.6 Å². The highest BCUT2D eigenvalue weighted by molar-refractivity contribution is 5.71. The third-order valence-electron chi connectivity index (χ3n) is 4.84. The van der Waals surface area contributed by atoms with E-state index in [1.165, 1.54) is 37.9 Å². The van der Waals surface area contributed by atoms with Crippen LogP contribution in [0.2, 0.25) is 0 Å². The van der Waals surface area contributed by atoms with E-state index in [0.29, 0.717) is 13.2 Å². The Labute approximate surface area is 153 Å². The van der Waals surface area contributed by atoms with Gasteiger partial charge in [0.05, 0.1) is 6.61 Å². The maximum absolute atomic E-state index is 11.3. The molecule has 0 aromatic heterocycles. The summed E-state index contributed by atoms with van der Waals surface area (Å²) in [7, 11) is 0. The van der Waals surface area contributed by atoms with Gasteiger partial charge in [0.15, 0.2) is 0 Å². The average molecular weight is 357 g/mol. The molecule has 1 aliphatic heterocycles. The van der Waals surface area contributed by atoms with Crippen LogP contribution >= 0.6 is 0 Å². The highest BCUT2D eigenvalue weighted by Crippen LogP contribution is 2.18. The van der Waals surface area contributed by atoms with E-state index in [-0.39, 0.29) is 11.4 Å². The smallest absolute Gasteiger partial charge is 0.253 e. The Hall–Kier alpha value is -2.34. The van der Waals surface area contributed by atoms with Crippen molar-refractivity contribution in [3.63, 3.8) is 0 Å². The van der Waals surface area contributed by atoms with Gasteiger partial charge in [-0.25, -0.2) is 0 Å².